The first-order chi connectivity index (χ1) is 21.7. The number of aromatic nitrogens is 3. The minimum Gasteiger partial charge on any atom is -0.406 e. The molecular formula is C33H35F3N6O2S. The fraction of sp³-hybridized carbons (Fsp3) is 0.333. The molecule has 1 fully saturated rings. The van der Waals surface area contributed by atoms with Crippen LogP contribution in [0.4, 0.5) is 23.7 Å². The number of aryl methyl sites for hydroxylation is 3. The number of amides is 2. The van der Waals surface area contributed by atoms with Crippen LogP contribution in [0.2, 0.25) is 0 Å². The molecule has 0 unspecified atom stereocenters. The van der Waals surface area contributed by atoms with Gasteiger partial charge in [0.25, 0.3) is 0 Å². The highest BCUT2D eigenvalue weighted by molar-refractivity contribution is 8.14. The minimum atomic E-state index is -4.74. The van der Waals surface area contributed by atoms with Gasteiger partial charge in [-0.05, 0) is 79.6 Å². The van der Waals surface area contributed by atoms with Crippen molar-refractivity contribution in [3.63, 3.8) is 0 Å². The molecule has 1 aliphatic rings. The summed E-state index contributed by atoms with van der Waals surface area (Å²) >= 11 is 1.63. The van der Waals surface area contributed by atoms with Gasteiger partial charge in [0.15, 0.2) is 11.0 Å². The molecule has 45 heavy (non-hydrogen) atoms. The number of thioether (sulfide) groups is 1. The number of halogens is 3. The van der Waals surface area contributed by atoms with Gasteiger partial charge in [-0.3, -0.25) is 0 Å². The molecule has 1 saturated heterocycles. The van der Waals surface area contributed by atoms with Crippen molar-refractivity contribution in [3.05, 3.63) is 89.7 Å². The number of amidine groups is 1. The maximum Gasteiger partial charge on any atom is 0.573 e. The van der Waals surface area contributed by atoms with E-state index in [1.807, 2.05) is 24.3 Å². The molecule has 0 atom stereocenters. The zero-order valence-electron chi connectivity index (χ0n) is 25.2. The Balaban J connectivity index is 1.12. The highest BCUT2D eigenvalue weighted by atomic mass is 32.2. The van der Waals surface area contributed by atoms with Crippen LogP contribution in [0.25, 0.3) is 17.1 Å². The van der Waals surface area contributed by atoms with E-state index in [0.717, 1.165) is 66.4 Å². The Hall–Kier alpha value is -4.32. The topological polar surface area (TPSA) is 84.6 Å². The van der Waals surface area contributed by atoms with Crippen LogP contribution in [-0.4, -0.2) is 51.2 Å². The van der Waals surface area contributed by atoms with Crippen LogP contribution in [0.15, 0.2) is 78.0 Å². The summed E-state index contributed by atoms with van der Waals surface area (Å²) in [6.07, 6.45) is 1.37. The second-order valence-electron chi connectivity index (χ2n) is 10.7. The number of benzene rings is 3. The van der Waals surface area contributed by atoms with Gasteiger partial charge in [0.1, 0.15) is 12.1 Å². The highest BCUT2D eigenvalue weighted by Crippen LogP contribution is 2.30. The molecule has 4 aromatic rings. The number of hydrogen-bond acceptors (Lipinski definition) is 5. The van der Waals surface area contributed by atoms with E-state index in [0.29, 0.717) is 18.1 Å². The van der Waals surface area contributed by atoms with Crippen molar-refractivity contribution < 1.29 is 22.7 Å². The number of anilines is 1. The van der Waals surface area contributed by atoms with Gasteiger partial charge in [-0.25, -0.2) is 14.5 Å². The minimum absolute atomic E-state index is 0.302. The van der Waals surface area contributed by atoms with Crippen LogP contribution in [0.5, 0.6) is 5.75 Å². The first-order valence-corrected chi connectivity index (χ1v) is 15.9. The summed E-state index contributed by atoms with van der Waals surface area (Å²) in [6.45, 7) is 5.61. The molecule has 3 aromatic carbocycles. The number of rotatable bonds is 10. The van der Waals surface area contributed by atoms with Crippen molar-refractivity contribution in [2.24, 2.45) is 4.99 Å². The van der Waals surface area contributed by atoms with Gasteiger partial charge >= 0.3 is 12.4 Å². The Kier molecular flexibility index (Phi) is 10.4. The fourth-order valence-corrected chi connectivity index (χ4v) is 5.99. The first-order valence-electron chi connectivity index (χ1n) is 14.9. The molecule has 1 N–H and O–H groups in total. The van der Waals surface area contributed by atoms with E-state index in [1.54, 1.807) is 11.8 Å². The zero-order chi connectivity index (χ0) is 31.8. The Morgan fingerprint density at radius 2 is 1.84 bits per heavy atom. The molecule has 0 radical (unpaired) electrons. The number of nitrogens with zero attached hydrogens (tertiary/aromatic N) is 5. The molecule has 0 bridgehead atoms. The third kappa shape index (κ3) is 8.87. The number of carbonyl (C=O) groups is 1. The van der Waals surface area contributed by atoms with E-state index < -0.39 is 6.36 Å². The highest BCUT2D eigenvalue weighted by Gasteiger charge is 2.31. The number of ether oxygens (including phenoxy) is 1. The van der Waals surface area contributed by atoms with E-state index in [1.165, 1.54) is 46.4 Å². The van der Waals surface area contributed by atoms with Gasteiger partial charge < -0.3 is 15.0 Å². The molecule has 1 aliphatic heterocycles. The van der Waals surface area contributed by atoms with E-state index >= 15 is 0 Å². The van der Waals surface area contributed by atoms with Crippen LogP contribution < -0.4 is 15.0 Å². The summed E-state index contributed by atoms with van der Waals surface area (Å²) < 4.78 is 42.6. The molecule has 0 spiro atoms. The smallest absolute Gasteiger partial charge is 0.406 e. The Bertz CT molecular complexity index is 1620. The molecule has 12 heteroatoms. The molecule has 5 rings (SSSR count). The molecule has 0 saturated carbocycles. The number of carbonyl (C=O) groups excluding carboxylic acids is 1. The quantitative estimate of drug-likeness (QED) is 0.179. The standard InChI is InChI=1S/C33H35F3N6O2S/c1-3-6-25-11-8-23(2)21-29(25)41-19-5-20-45-32(41)39-31(43)37-18-4-7-24-9-12-26(13-10-24)30-38-22-42(40-30)27-14-16-28(17-15-27)44-33(34,35)36/h8-17,21-22H,3-7,18-20H2,1-2H3,(H,37,43). The van der Waals surface area contributed by atoms with Crippen LogP contribution in [0, 0.1) is 6.92 Å². The van der Waals surface area contributed by atoms with Crippen molar-refractivity contribution in [2.75, 3.05) is 23.7 Å². The fourth-order valence-electron chi connectivity index (χ4n) is 5.04. The van der Waals surface area contributed by atoms with Gasteiger partial charge in [-0.2, -0.15) is 4.99 Å². The van der Waals surface area contributed by atoms with Crippen LogP contribution >= 0.6 is 11.8 Å². The first kappa shape index (κ1) is 32.1. The number of urea groups is 1. The molecule has 0 aliphatic carbocycles. The lowest BCUT2D eigenvalue weighted by atomic mass is 10.0. The number of nitrogens with one attached hydrogen (secondary N) is 1. The third-order valence-electron chi connectivity index (χ3n) is 7.19. The van der Waals surface area contributed by atoms with Crippen molar-refractivity contribution in [1.29, 1.82) is 0 Å². The van der Waals surface area contributed by atoms with Gasteiger partial charge in [0.05, 0.1) is 5.69 Å². The molecule has 2 amide bonds. The van der Waals surface area contributed by atoms with Crippen LogP contribution in [0.1, 0.15) is 42.9 Å². The Morgan fingerprint density at radius 3 is 2.58 bits per heavy atom. The molecule has 2 heterocycles. The van der Waals surface area contributed by atoms with Crippen molar-refractivity contribution in [2.45, 2.75) is 52.3 Å². The maximum absolute atomic E-state index is 12.7. The monoisotopic (exact) mass is 636 g/mol. The largest absolute Gasteiger partial charge is 0.573 e. The molecule has 8 nitrogen and oxygen atoms in total. The Morgan fingerprint density at radius 1 is 1.07 bits per heavy atom. The number of hydrogen-bond donors (Lipinski definition) is 1. The van der Waals surface area contributed by atoms with Gasteiger partial charge in [0, 0.05) is 30.1 Å². The number of alkyl halides is 3. The second-order valence-corrected chi connectivity index (χ2v) is 11.8. The predicted octanol–water partition coefficient (Wildman–Crippen LogP) is 7.74. The average Bonchev–Trinajstić information content (AvgIpc) is 3.51. The van der Waals surface area contributed by atoms with Crippen LogP contribution in [-0.2, 0) is 12.8 Å². The summed E-state index contributed by atoms with van der Waals surface area (Å²) in [4.78, 5) is 23.7. The summed E-state index contributed by atoms with van der Waals surface area (Å²) in [5, 5.41) is 8.14. The predicted molar refractivity (Wildman–Crippen MR) is 172 cm³/mol. The van der Waals surface area contributed by atoms with Gasteiger partial charge in [-0.15, -0.1) is 18.3 Å². The average molecular weight is 637 g/mol. The SMILES string of the molecule is CCCc1ccc(C)cc1N1CCCSC1=NC(=O)NCCCc1ccc(-c2ncn(-c3ccc(OC(F)(F)F)cc3)n2)cc1. The van der Waals surface area contributed by atoms with E-state index in [-0.39, 0.29) is 11.8 Å². The van der Waals surface area contributed by atoms with E-state index in [9.17, 15) is 18.0 Å². The van der Waals surface area contributed by atoms with E-state index in [2.05, 4.69) is 62.1 Å². The summed E-state index contributed by atoms with van der Waals surface area (Å²) in [7, 11) is 0. The van der Waals surface area contributed by atoms with Crippen molar-refractivity contribution in [3.8, 4) is 22.8 Å². The van der Waals surface area contributed by atoms with Crippen LogP contribution in [0.3, 0.4) is 0 Å². The normalized spacial score (nSPS) is 14.5. The van der Waals surface area contributed by atoms with Gasteiger partial charge in [-0.1, -0.05) is 61.5 Å². The lowest BCUT2D eigenvalue weighted by Crippen LogP contribution is -2.36. The third-order valence-corrected chi connectivity index (χ3v) is 8.26. The summed E-state index contributed by atoms with van der Waals surface area (Å²) in [6, 6.07) is 19.4. The van der Waals surface area contributed by atoms with Crippen molar-refractivity contribution >= 4 is 28.6 Å². The maximum atomic E-state index is 12.7. The summed E-state index contributed by atoms with van der Waals surface area (Å²) in [5.41, 5.74) is 6.09. The zero-order valence-corrected chi connectivity index (χ0v) is 26.0. The van der Waals surface area contributed by atoms with Crippen molar-refractivity contribution in [1.82, 2.24) is 20.1 Å². The molecular weight excluding hydrogens is 601 g/mol. The molecule has 1 aromatic heterocycles. The Labute approximate surface area is 264 Å². The van der Waals surface area contributed by atoms with Gasteiger partial charge in [0.2, 0.25) is 0 Å². The summed E-state index contributed by atoms with van der Waals surface area (Å²) in [5.74, 6) is 1.13. The molecule has 236 valence electrons. The second kappa shape index (κ2) is 14.6. The lowest BCUT2D eigenvalue weighted by molar-refractivity contribution is -0.274. The number of aliphatic imine (C=N–C) groups is 1. The lowest BCUT2D eigenvalue weighted by Gasteiger charge is -2.31. The van der Waals surface area contributed by atoms with E-state index in [4.69, 9.17) is 0 Å².